The largest absolute Gasteiger partial charge is 0.329 e. The maximum absolute atomic E-state index is 11.9. The molecule has 0 heterocycles. The van der Waals surface area contributed by atoms with Crippen LogP contribution in [0.2, 0.25) is 0 Å². The van der Waals surface area contributed by atoms with Crippen LogP contribution in [0.25, 0.3) is 0 Å². The standard InChI is InChI=1S/C7H6FNOS/c8-11-7-3-1-6(2-4-7)9-5-10/h1-5H,(H,9,10). The van der Waals surface area contributed by atoms with Crippen molar-refractivity contribution in [2.75, 3.05) is 5.32 Å². The number of rotatable bonds is 3. The molecule has 0 unspecified atom stereocenters. The van der Waals surface area contributed by atoms with Gasteiger partial charge >= 0.3 is 0 Å². The quantitative estimate of drug-likeness (QED) is 0.706. The summed E-state index contributed by atoms with van der Waals surface area (Å²) in [5, 5.41) is 2.45. The Balaban J connectivity index is 2.74. The molecule has 0 saturated heterocycles. The summed E-state index contributed by atoms with van der Waals surface area (Å²) < 4.78 is 11.9. The molecular weight excluding hydrogens is 165 g/mol. The van der Waals surface area contributed by atoms with Crippen molar-refractivity contribution in [3.8, 4) is 0 Å². The van der Waals surface area contributed by atoms with Gasteiger partial charge in [0.2, 0.25) is 6.41 Å². The second-order valence-corrected chi connectivity index (χ2v) is 2.49. The third kappa shape index (κ3) is 2.23. The topological polar surface area (TPSA) is 29.1 Å². The van der Waals surface area contributed by atoms with Gasteiger partial charge in [-0.2, -0.15) is 3.89 Å². The minimum atomic E-state index is 0.179. The first kappa shape index (κ1) is 8.07. The number of nitrogens with one attached hydrogen (secondary N) is 1. The number of hydrogen-bond donors (Lipinski definition) is 1. The first-order chi connectivity index (χ1) is 5.36. The number of amides is 1. The molecule has 0 spiro atoms. The minimum absolute atomic E-state index is 0.179. The fourth-order valence-electron chi connectivity index (χ4n) is 0.671. The van der Waals surface area contributed by atoms with Crippen LogP contribution in [0, 0.1) is 0 Å². The second kappa shape index (κ2) is 3.98. The Hall–Kier alpha value is -1.03. The normalized spacial score (nSPS) is 9.18. The Labute approximate surface area is 68.1 Å². The van der Waals surface area contributed by atoms with Crippen molar-refractivity contribution >= 4 is 24.2 Å². The average molecular weight is 171 g/mol. The van der Waals surface area contributed by atoms with E-state index < -0.39 is 0 Å². The van der Waals surface area contributed by atoms with E-state index in [1.54, 1.807) is 24.3 Å². The highest BCUT2D eigenvalue weighted by Gasteiger charge is 1.92. The van der Waals surface area contributed by atoms with Gasteiger partial charge in [-0.15, -0.1) is 0 Å². The van der Waals surface area contributed by atoms with E-state index in [4.69, 9.17) is 0 Å². The Bertz CT molecular complexity index is 237. The van der Waals surface area contributed by atoms with Crippen molar-refractivity contribution in [1.82, 2.24) is 0 Å². The van der Waals surface area contributed by atoms with Gasteiger partial charge in [-0.1, -0.05) is 0 Å². The van der Waals surface area contributed by atoms with Crippen molar-refractivity contribution < 1.29 is 8.68 Å². The van der Waals surface area contributed by atoms with E-state index in [1.807, 2.05) is 0 Å². The van der Waals surface area contributed by atoms with Gasteiger partial charge in [-0.3, -0.25) is 4.79 Å². The van der Waals surface area contributed by atoms with Crippen LogP contribution in [-0.4, -0.2) is 6.41 Å². The van der Waals surface area contributed by atoms with E-state index in [0.29, 0.717) is 17.0 Å². The smallest absolute Gasteiger partial charge is 0.211 e. The van der Waals surface area contributed by atoms with Crippen LogP contribution in [0.3, 0.4) is 0 Å². The summed E-state index contributed by atoms with van der Waals surface area (Å²) >= 11 is 0.179. The highest BCUT2D eigenvalue weighted by Crippen LogP contribution is 2.20. The van der Waals surface area contributed by atoms with Gasteiger partial charge in [-0.05, 0) is 24.3 Å². The summed E-state index contributed by atoms with van der Waals surface area (Å²) in [6.07, 6.45) is 0.581. The second-order valence-electron chi connectivity index (χ2n) is 1.86. The first-order valence-corrected chi connectivity index (χ1v) is 3.67. The van der Waals surface area contributed by atoms with Gasteiger partial charge in [0.1, 0.15) is 0 Å². The lowest BCUT2D eigenvalue weighted by molar-refractivity contribution is -0.105. The molecule has 0 fully saturated rings. The molecule has 0 saturated carbocycles. The minimum Gasteiger partial charge on any atom is -0.329 e. The Morgan fingerprint density at radius 1 is 1.36 bits per heavy atom. The molecule has 1 aromatic rings. The summed E-state index contributed by atoms with van der Waals surface area (Å²) in [5.74, 6) is 0. The van der Waals surface area contributed by atoms with E-state index in [0.717, 1.165) is 0 Å². The lowest BCUT2D eigenvalue weighted by Gasteiger charge is -1.97. The molecule has 4 heteroatoms. The van der Waals surface area contributed by atoms with Gasteiger partial charge in [0.25, 0.3) is 0 Å². The van der Waals surface area contributed by atoms with Gasteiger partial charge in [-0.25, -0.2) is 0 Å². The Morgan fingerprint density at radius 3 is 2.45 bits per heavy atom. The molecule has 0 aliphatic rings. The lowest BCUT2D eigenvalue weighted by Crippen LogP contribution is -1.92. The molecule has 2 nitrogen and oxygen atoms in total. The lowest BCUT2D eigenvalue weighted by atomic mass is 10.3. The van der Waals surface area contributed by atoms with Gasteiger partial charge < -0.3 is 5.32 Å². The molecule has 0 aliphatic heterocycles. The molecule has 58 valence electrons. The fraction of sp³-hybridized carbons (Fsp3) is 0. The molecule has 1 rings (SSSR count). The molecule has 0 atom stereocenters. The number of carbonyl (C=O) groups excluding carboxylic acids is 1. The van der Waals surface area contributed by atoms with E-state index in [-0.39, 0.29) is 12.1 Å². The third-order valence-electron chi connectivity index (χ3n) is 1.17. The van der Waals surface area contributed by atoms with Gasteiger partial charge in [0.15, 0.2) is 0 Å². The molecule has 1 N–H and O–H groups in total. The Morgan fingerprint density at radius 2 is 2.00 bits per heavy atom. The van der Waals surface area contributed by atoms with Gasteiger partial charge in [0.05, 0.1) is 12.1 Å². The summed E-state index contributed by atoms with van der Waals surface area (Å²) in [5.41, 5.74) is 0.665. The van der Waals surface area contributed by atoms with Crippen LogP contribution >= 0.6 is 12.1 Å². The van der Waals surface area contributed by atoms with Crippen molar-refractivity contribution in [2.24, 2.45) is 0 Å². The van der Waals surface area contributed by atoms with Gasteiger partial charge in [0, 0.05) is 10.6 Å². The molecule has 1 aromatic carbocycles. The molecule has 0 aliphatic carbocycles. The summed E-state index contributed by atoms with van der Waals surface area (Å²) in [4.78, 5) is 10.5. The van der Waals surface area contributed by atoms with Crippen LogP contribution in [0.5, 0.6) is 0 Å². The SMILES string of the molecule is O=CNc1ccc(SF)cc1. The summed E-state index contributed by atoms with van der Waals surface area (Å²) in [6.45, 7) is 0. The fourth-order valence-corrected chi connectivity index (χ4v) is 0.910. The Kier molecular flexibility index (Phi) is 2.92. The zero-order valence-corrected chi connectivity index (χ0v) is 6.40. The monoisotopic (exact) mass is 171 g/mol. The average Bonchev–Trinajstić information content (AvgIpc) is 2.07. The molecule has 0 radical (unpaired) electrons. The highest BCUT2D eigenvalue weighted by molar-refractivity contribution is 7.94. The number of benzene rings is 1. The van der Waals surface area contributed by atoms with E-state index >= 15 is 0 Å². The molecular formula is C7H6FNOS. The van der Waals surface area contributed by atoms with Crippen LogP contribution in [0.4, 0.5) is 9.57 Å². The maximum atomic E-state index is 11.9. The zero-order valence-electron chi connectivity index (χ0n) is 5.58. The van der Waals surface area contributed by atoms with Crippen LogP contribution in [-0.2, 0) is 4.79 Å². The molecule has 11 heavy (non-hydrogen) atoms. The van der Waals surface area contributed by atoms with Crippen LogP contribution < -0.4 is 5.32 Å². The highest BCUT2D eigenvalue weighted by atomic mass is 32.2. The summed E-state index contributed by atoms with van der Waals surface area (Å²) in [6, 6.07) is 6.46. The van der Waals surface area contributed by atoms with E-state index in [9.17, 15) is 8.68 Å². The van der Waals surface area contributed by atoms with Crippen LogP contribution in [0.1, 0.15) is 0 Å². The predicted molar refractivity (Wildman–Crippen MR) is 43.1 cm³/mol. The van der Waals surface area contributed by atoms with Crippen molar-refractivity contribution in [1.29, 1.82) is 0 Å². The van der Waals surface area contributed by atoms with E-state index in [1.165, 1.54) is 0 Å². The number of halogens is 1. The summed E-state index contributed by atoms with van der Waals surface area (Å²) in [7, 11) is 0. The third-order valence-corrected chi connectivity index (χ3v) is 1.62. The molecule has 0 aromatic heterocycles. The zero-order chi connectivity index (χ0) is 8.10. The first-order valence-electron chi connectivity index (χ1n) is 2.95. The maximum Gasteiger partial charge on any atom is 0.211 e. The number of hydrogen-bond acceptors (Lipinski definition) is 2. The van der Waals surface area contributed by atoms with Crippen molar-refractivity contribution in [3.05, 3.63) is 24.3 Å². The number of anilines is 1. The van der Waals surface area contributed by atoms with E-state index in [2.05, 4.69) is 5.32 Å². The molecule has 0 bridgehead atoms. The van der Waals surface area contributed by atoms with Crippen molar-refractivity contribution in [3.63, 3.8) is 0 Å². The van der Waals surface area contributed by atoms with Crippen molar-refractivity contribution in [2.45, 2.75) is 4.90 Å². The number of carbonyl (C=O) groups is 1. The predicted octanol–water partition coefficient (Wildman–Crippen LogP) is 2.23. The molecule has 1 amide bonds. The van der Waals surface area contributed by atoms with Crippen LogP contribution in [0.15, 0.2) is 29.2 Å².